The van der Waals surface area contributed by atoms with Crippen molar-refractivity contribution in [1.29, 1.82) is 0 Å². The Labute approximate surface area is 97.6 Å². The lowest BCUT2D eigenvalue weighted by molar-refractivity contribution is 0.0600. The molecule has 1 aromatic heterocycles. The zero-order valence-electron chi connectivity index (χ0n) is 9.15. The number of hydrogen-bond acceptors (Lipinski definition) is 5. The summed E-state index contributed by atoms with van der Waals surface area (Å²) in [6.45, 7) is 0. The van der Waals surface area contributed by atoms with Gasteiger partial charge in [0.15, 0.2) is 0 Å². The molecule has 0 bridgehead atoms. The Kier molecular flexibility index (Phi) is 3.25. The van der Waals surface area contributed by atoms with E-state index in [1.807, 2.05) is 6.07 Å². The summed E-state index contributed by atoms with van der Waals surface area (Å²) in [5.74, 6) is -0.393. The van der Waals surface area contributed by atoms with E-state index in [0.29, 0.717) is 11.1 Å². The average Bonchev–Trinajstić information content (AvgIpc) is 2.89. The highest BCUT2D eigenvalue weighted by Crippen LogP contribution is 2.07. The summed E-state index contributed by atoms with van der Waals surface area (Å²) in [7, 11) is 1.34. The molecule has 6 nitrogen and oxygen atoms in total. The summed E-state index contributed by atoms with van der Waals surface area (Å²) < 4.78 is 6.12. The molecule has 0 spiro atoms. The van der Waals surface area contributed by atoms with Gasteiger partial charge >= 0.3 is 5.97 Å². The molecule has 6 heteroatoms. The number of benzene rings is 1. The molecule has 0 amide bonds. The molecular formula is C11H10N4O2. The number of ether oxygens (including phenoxy) is 1. The summed E-state index contributed by atoms with van der Waals surface area (Å²) in [5, 5.41) is 11.3. The molecule has 0 unspecified atom stereocenters. The van der Waals surface area contributed by atoms with Crippen LogP contribution in [-0.2, 0) is 4.74 Å². The van der Waals surface area contributed by atoms with E-state index < -0.39 is 5.97 Å². The SMILES string of the molecule is COC(=O)c1ccccc1/C=N\n1cnnc1. The van der Waals surface area contributed by atoms with E-state index in [0.717, 1.165) is 0 Å². The Morgan fingerprint density at radius 3 is 2.76 bits per heavy atom. The second kappa shape index (κ2) is 5.02. The highest BCUT2D eigenvalue weighted by atomic mass is 16.5. The van der Waals surface area contributed by atoms with E-state index in [2.05, 4.69) is 20.0 Å². The number of methoxy groups -OCH3 is 1. The minimum absolute atomic E-state index is 0.393. The topological polar surface area (TPSA) is 69.4 Å². The van der Waals surface area contributed by atoms with Crippen LogP contribution in [0.2, 0.25) is 0 Å². The summed E-state index contributed by atoms with van der Waals surface area (Å²) in [6, 6.07) is 7.04. The van der Waals surface area contributed by atoms with Crippen LogP contribution in [-0.4, -0.2) is 34.2 Å². The molecule has 17 heavy (non-hydrogen) atoms. The highest BCUT2D eigenvalue weighted by Gasteiger charge is 2.08. The monoisotopic (exact) mass is 230 g/mol. The van der Waals surface area contributed by atoms with Gasteiger partial charge in [0.2, 0.25) is 0 Å². The number of hydrogen-bond donors (Lipinski definition) is 0. The second-order valence-corrected chi connectivity index (χ2v) is 3.17. The van der Waals surface area contributed by atoms with E-state index in [-0.39, 0.29) is 0 Å². The van der Waals surface area contributed by atoms with Gasteiger partial charge in [0.05, 0.1) is 18.9 Å². The average molecular weight is 230 g/mol. The Bertz CT molecular complexity index is 534. The molecule has 0 saturated carbocycles. The minimum atomic E-state index is -0.393. The van der Waals surface area contributed by atoms with Crippen molar-refractivity contribution >= 4 is 12.2 Å². The molecule has 0 fully saturated rings. The van der Waals surface area contributed by atoms with E-state index in [1.165, 1.54) is 24.4 Å². The number of carbonyl (C=O) groups is 1. The fraction of sp³-hybridized carbons (Fsp3) is 0.0909. The van der Waals surface area contributed by atoms with Crippen LogP contribution in [0.5, 0.6) is 0 Å². The fourth-order valence-corrected chi connectivity index (χ4v) is 1.29. The van der Waals surface area contributed by atoms with Crippen LogP contribution in [0.3, 0.4) is 0 Å². The largest absolute Gasteiger partial charge is 0.465 e. The van der Waals surface area contributed by atoms with Crippen LogP contribution in [0.4, 0.5) is 0 Å². The number of esters is 1. The van der Waals surface area contributed by atoms with Crippen molar-refractivity contribution in [1.82, 2.24) is 14.9 Å². The molecule has 0 aliphatic rings. The zero-order chi connectivity index (χ0) is 12.1. The Hall–Kier alpha value is -2.50. The third-order valence-electron chi connectivity index (χ3n) is 2.10. The van der Waals surface area contributed by atoms with Crippen LogP contribution in [0.15, 0.2) is 42.0 Å². The quantitative estimate of drug-likeness (QED) is 0.581. The van der Waals surface area contributed by atoms with Crippen LogP contribution < -0.4 is 0 Å². The van der Waals surface area contributed by atoms with Crippen LogP contribution in [0.1, 0.15) is 15.9 Å². The number of carbonyl (C=O) groups excluding carboxylic acids is 1. The van der Waals surface area contributed by atoms with Crippen LogP contribution in [0, 0.1) is 0 Å². The number of nitrogens with zero attached hydrogens (tertiary/aromatic N) is 4. The first kappa shape index (κ1) is 11.0. The molecule has 1 heterocycles. The molecule has 1 aromatic carbocycles. The van der Waals surface area contributed by atoms with E-state index in [9.17, 15) is 4.79 Å². The van der Waals surface area contributed by atoms with Crippen molar-refractivity contribution < 1.29 is 9.53 Å². The molecule has 0 radical (unpaired) electrons. The minimum Gasteiger partial charge on any atom is -0.465 e. The molecule has 0 aliphatic heterocycles. The second-order valence-electron chi connectivity index (χ2n) is 3.17. The van der Waals surface area contributed by atoms with Gasteiger partial charge < -0.3 is 4.74 Å². The molecule has 86 valence electrons. The van der Waals surface area contributed by atoms with Crippen molar-refractivity contribution in [2.45, 2.75) is 0 Å². The van der Waals surface area contributed by atoms with Crippen LogP contribution >= 0.6 is 0 Å². The smallest absolute Gasteiger partial charge is 0.338 e. The molecule has 0 saturated heterocycles. The molecule has 2 aromatic rings. The van der Waals surface area contributed by atoms with Crippen LogP contribution in [0.25, 0.3) is 0 Å². The summed E-state index contributed by atoms with van der Waals surface area (Å²) in [5.41, 5.74) is 1.14. The maximum Gasteiger partial charge on any atom is 0.338 e. The third-order valence-corrected chi connectivity index (χ3v) is 2.10. The van der Waals surface area contributed by atoms with Crippen molar-refractivity contribution in [3.05, 3.63) is 48.0 Å². The van der Waals surface area contributed by atoms with Gasteiger partial charge in [-0.15, -0.1) is 10.2 Å². The predicted octanol–water partition coefficient (Wildman–Crippen LogP) is 0.947. The lowest BCUT2D eigenvalue weighted by atomic mass is 10.1. The van der Waals surface area contributed by atoms with Gasteiger partial charge in [-0.2, -0.15) is 5.10 Å². The summed E-state index contributed by atoms with van der Waals surface area (Å²) in [4.78, 5) is 11.5. The van der Waals surface area contributed by atoms with Gasteiger partial charge in [-0.3, -0.25) is 0 Å². The summed E-state index contributed by atoms with van der Waals surface area (Å²) >= 11 is 0. The standard InChI is InChI=1S/C11H10N4O2/c1-17-11(16)10-5-3-2-4-9(10)6-14-15-7-12-13-8-15/h2-8H,1H3/b14-6-. The number of aromatic nitrogens is 3. The first-order valence-electron chi connectivity index (χ1n) is 4.87. The predicted molar refractivity (Wildman–Crippen MR) is 60.8 cm³/mol. The van der Waals surface area contributed by atoms with Crippen molar-refractivity contribution in [3.63, 3.8) is 0 Å². The van der Waals surface area contributed by atoms with Gasteiger partial charge in [0.25, 0.3) is 0 Å². The molecule has 0 aliphatic carbocycles. The maximum absolute atomic E-state index is 11.5. The third kappa shape index (κ3) is 2.54. The fourth-order valence-electron chi connectivity index (χ4n) is 1.29. The molecule has 0 atom stereocenters. The maximum atomic E-state index is 11.5. The van der Waals surface area contributed by atoms with Crippen molar-refractivity contribution in [2.24, 2.45) is 5.10 Å². The first-order chi connectivity index (χ1) is 8.31. The lowest BCUT2D eigenvalue weighted by Gasteiger charge is -2.02. The lowest BCUT2D eigenvalue weighted by Crippen LogP contribution is -2.05. The van der Waals surface area contributed by atoms with Gasteiger partial charge in [-0.05, 0) is 6.07 Å². The summed E-state index contributed by atoms with van der Waals surface area (Å²) in [6.07, 6.45) is 4.46. The first-order valence-corrected chi connectivity index (χ1v) is 4.87. The van der Waals surface area contributed by atoms with Gasteiger partial charge in [0, 0.05) is 5.56 Å². The molecule has 0 N–H and O–H groups in total. The number of rotatable bonds is 3. The van der Waals surface area contributed by atoms with E-state index in [4.69, 9.17) is 0 Å². The van der Waals surface area contributed by atoms with Crippen molar-refractivity contribution in [3.8, 4) is 0 Å². The Balaban J connectivity index is 2.29. The molecular weight excluding hydrogens is 220 g/mol. The van der Waals surface area contributed by atoms with E-state index >= 15 is 0 Å². The Morgan fingerprint density at radius 1 is 1.35 bits per heavy atom. The normalized spacial score (nSPS) is 10.6. The Morgan fingerprint density at radius 2 is 2.06 bits per heavy atom. The van der Waals surface area contributed by atoms with Gasteiger partial charge in [-0.25, -0.2) is 9.47 Å². The highest BCUT2D eigenvalue weighted by molar-refractivity contribution is 5.99. The molecule has 2 rings (SSSR count). The van der Waals surface area contributed by atoms with E-state index in [1.54, 1.807) is 24.4 Å². The van der Waals surface area contributed by atoms with Gasteiger partial charge in [0.1, 0.15) is 12.7 Å². The zero-order valence-corrected chi connectivity index (χ0v) is 9.15. The van der Waals surface area contributed by atoms with Gasteiger partial charge in [-0.1, -0.05) is 18.2 Å². The van der Waals surface area contributed by atoms with Crippen molar-refractivity contribution in [2.75, 3.05) is 7.11 Å².